The van der Waals surface area contributed by atoms with Crippen LogP contribution in [0.25, 0.3) is 16.8 Å². The highest BCUT2D eigenvalue weighted by Crippen LogP contribution is 2.34. The molecule has 0 aliphatic heterocycles. The highest BCUT2D eigenvalue weighted by Gasteiger charge is 2.21. The van der Waals surface area contributed by atoms with Gasteiger partial charge in [-0.25, -0.2) is 0 Å². The average Bonchev–Trinajstić information content (AvgIpc) is 2.85. The van der Waals surface area contributed by atoms with Crippen LogP contribution in [0.1, 0.15) is 16.7 Å². The van der Waals surface area contributed by atoms with E-state index in [0.29, 0.717) is 25.6 Å². The van der Waals surface area contributed by atoms with Gasteiger partial charge >= 0.3 is 10.1 Å². The van der Waals surface area contributed by atoms with Gasteiger partial charge in [0.1, 0.15) is 16.5 Å². The van der Waals surface area contributed by atoms with E-state index in [2.05, 4.69) is 37.2 Å². The summed E-state index contributed by atoms with van der Waals surface area (Å²) in [6, 6.07) is 22.4. The Labute approximate surface area is 232 Å². The van der Waals surface area contributed by atoms with Gasteiger partial charge in [0.15, 0.2) is 5.75 Å². The van der Waals surface area contributed by atoms with Gasteiger partial charge in [-0.2, -0.15) is 13.7 Å². The lowest BCUT2D eigenvalue weighted by Gasteiger charge is -2.13. The van der Waals surface area contributed by atoms with Gasteiger partial charge < -0.3 is 9.50 Å². The lowest BCUT2D eigenvalue weighted by atomic mass is 10.0. The van der Waals surface area contributed by atoms with Gasteiger partial charge in [0.2, 0.25) is 0 Å². The van der Waals surface area contributed by atoms with Crippen molar-refractivity contribution in [1.29, 1.82) is 5.26 Å². The number of benzene rings is 4. The Hall–Kier alpha value is -3.45. The third-order valence-electron chi connectivity index (χ3n) is 5.52. The number of nitrogens with zero attached hydrogens (tertiary/aromatic N) is 1. The van der Waals surface area contributed by atoms with Crippen LogP contribution >= 0.6 is 31.9 Å². The number of anilines is 1. The quantitative estimate of drug-likeness (QED) is 0.136. The van der Waals surface area contributed by atoms with E-state index < -0.39 is 16.0 Å². The molecule has 9 heteroatoms. The molecule has 0 aliphatic rings. The fourth-order valence-electron chi connectivity index (χ4n) is 3.66. The molecule has 0 fully saturated rings. The summed E-state index contributed by atoms with van der Waals surface area (Å²) in [7, 11) is -4.17. The van der Waals surface area contributed by atoms with Crippen molar-refractivity contribution in [3.8, 4) is 11.8 Å². The molecule has 0 aromatic heterocycles. The summed E-state index contributed by atoms with van der Waals surface area (Å²) in [5.41, 5.74) is 2.41. The van der Waals surface area contributed by atoms with Crippen molar-refractivity contribution in [1.82, 2.24) is 0 Å². The maximum absolute atomic E-state index is 13.1. The molecule has 1 amide bonds. The van der Waals surface area contributed by atoms with Crippen LogP contribution in [0.3, 0.4) is 0 Å². The first-order chi connectivity index (χ1) is 17.6. The monoisotopic (exact) mass is 638 g/mol. The number of nitriles is 1. The first kappa shape index (κ1) is 26.6. The van der Waals surface area contributed by atoms with E-state index in [-0.39, 0.29) is 16.2 Å². The Morgan fingerprint density at radius 1 is 0.946 bits per heavy atom. The Morgan fingerprint density at radius 3 is 2.24 bits per heavy atom. The molecule has 0 unspecified atom stereocenters. The van der Waals surface area contributed by atoms with Gasteiger partial charge in [0, 0.05) is 14.5 Å². The molecule has 37 heavy (non-hydrogen) atoms. The predicted octanol–water partition coefficient (Wildman–Crippen LogP) is 7.30. The van der Waals surface area contributed by atoms with Crippen LogP contribution in [0, 0.1) is 25.2 Å². The van der Waals surface area contributed by atoms with Crippen LogP contribution in [0.2, 0.25) is 0 Å². The number of fused-ring (bicyclic) bond motifs is 1. The number of hydrogen-bond donors (Lipinski definition) is 1. The van der Waals surface area contributed by atoms with Crippen LogP contribution in [-0.4, -0.2) is 14.3 Å². The van der Waals surface area contributed by atoms with E-state index in [0.717, 1.165) is 16.5 Å². The lowest BCUT2D eigenvalue weighted by Crippen LogP contribution is -2.15. The number of rotatable bonds is 6. The molecule has 0 aliphatic carbocycles. The molecule has 1 N–H and O–H groups in total. The van der Waals surface area contributed by atoms with E-state index in [9.17, 15) is 18.5 Å². The van der Waals surface area contributed by atoms with E-state index in [4.69, 9.17) is 4.18 Å². The SMILES string of the molecule is Cc1ccc(S(=O)(=O)Oc2ccc3ccccc3c2/C=C(\C#N)C(=O)Nc2c(Br)cc(C)cc2Br)cc1. The fraction of sp³-hybridized carbons (Fsp3) is 0.0714. The summed E-state index contributed by atoms with van der Waals surface area (Å²) in [5.74, 6) is -0.662. The number of amides is 1. The Morgan fingerprint density at radius 2 is 1.59 bits per heavy atom. The van der Waals surface area contributed by atoms with Gasteiger partial charge in [0.25, 0.3) is 5.91 Å². The molecule has 0 saturated heterocycles. The minimum atomic E-state index is -4.17. The second-order valence-electron chi connectivity index (χ2n) is 8.28. The standard InChI is InChI=1S/C28H20Br2N2O4S/c1-17-7-10-21(11-8-17)37(34,35)36-26-12-9-19-5-3-4-6-22(19)23(26)15-20(16-31)28(33)32-27-24(29)13-18(2)14-25(27)30/h3-15H,1-2H3,(H,32,33)/b20-15+. The molecule has 0 atom stereocenters. The van der Waals surface area contributed by atoms with Crippen LogP contribution in [0.15, 0.2) is 92.2 Å². The molecule has 186 valence electrons. The highest BCUT2D eigenvalue weighted by molar-refractivity contribution is 9.11. The summed E-state index contributed by atoms with van der Waals surface area (Å²) in [6.07, 6.45) is 1.34. The maximum Gasteiger partial charge on any atom is 0.339 e. The topological polar surface area (TPSA) is 96.3 Å². The third kappa shape index (κ3) is 5.93. The second-order valence-corrected chi connectivity index (χ2v) is 11.5. The minimum Gasteiger partial charge on any atom is -0.378 e. The normalized spacial score (nSPS) is 11.7. The van der Waals surface area contributed by atoms with E-state index >= 15 is 0 Å². The molecule has 4 aromatic rings. The smallest absolute Gasteiger partial charge is 0.339 e. The largest absolute Gasteiger partial charge is 0.378 e. The minimum absolute atomic E-state index is 0.00229. The van der Waals surface area contributed by atoms with Crippen molar-refractivity contribution in [3.05, 3.63) is 104 Å². The van der Waals surface area contributed by atoms with Gasteiger partial charge in [-0.1, -0.05) is 48.0 Å². The number of halogens is 2. The average molecular weight is 640 g/mol. The van der Waals surface area contributed by atoms with Crippen molar-refractivity contribution >= 4 is 70.4 Å². The third-order valence-corrected chi connectivity index (χ3v) is 8.02. The number of carbonyl (C=O) groups is 1. The van der Waals surface area contributed by atoms with E-state index in [1.165, 1.54) is 24.3 Å². The summed E-state index contributed by atoms with van der Waals surface area (Å²) in [6.45, 7) is 3.76. The van der Waals surface area contributed by atoms with Gasteiger partial charge in [-0.05, 0) is 98.5 Å². The van der Waals surface area contributed by atoms with Gasteiger partial charge in [-0.15, -0.1) is 0 Å². The molecule has 6 nitrogen and oxygen atoms in total. The van der Waals surface area contributed by atoms with Crippen molar-refractivity contribution in [3.63, 3.8) is 0 Å². The highest BCUT2D eigenvalue weighted by atomic mass is 79.9. The van der Waals surface area contributed by atoms with Gasteiger partial charge in [-0.3, -0.25) is 4.79 Å². The fourth-order valence-corrected chi connectivity index (χ4v) is 6.22. The van der Waals surface area contributed by atoms with Gasteiger partial charge in [0.05, 0.1) is 5.69 Å². The Kier molecular flexibility index (Phi) is 7.83. The zero-order chi connectivity index (χ0) is 26.7. The Bertz CT molecular complexity index is 1680. The number of nitrogens with one attached hydrogen (secondary N) is 1. The van der Waals surface area contributed by atoms with E-state index in [1.54, 1.807) is 30.3 Å². The molecule has 4 aromatic carbocycles. The van der Waals surface area contributed by atoms with Crippen LogP contribution in [0.4, 0.5) is 5.69 Å². The molecular weight excluding hydrogens is 620 g/mol. The number of aryl methyl sites for hydroxylation is 2. The lowest BCUT2D eigenvalue weighted by molar-refractivity contribution is -0.112. The molecule has 4 rings (SSSR count). The number of hydrogen-bond acceptors (Lipinski definition) is 5. The predicted molar refractivity (Wildman–Crippen MR) is 152 cm³/mol. The first-order valence-electron chi connectivity index (χ1n) is 11.0. The van der Waals surface area contributed by atoms with Crippen LogP contribution in [0.5, 0.6) is 5.75 Å². The summed E-state index contributed by atoms with van der Waals surface area (Å²) in [5, 5.41) is 14.0. The molecule has 0 saturated carbocycles. The molecule has 0 heterocycles. The molecule has 0 radical (unpaired) electrons. The van der Waals surface area contributed by atoms with Crippen molar-refractivity contribution in [2.75, 3.05) is 5.32 Å². The van der Waals surface area contributed by atoms with E-state index in [1.807, 2.05) is 44.2 Å². The van der Waals surface area contributed by atoms with Crippen LogP contribution in [-0.2, 0) is 14.9 Å². The van der Waals surface area contributed by atoms with Crippen molar-refractivity contribution in [2.45, 2.75) is 18.7 Å². The molecule has 0 spiro atoms. The van der Waals surface area contributed by atoms with Crippen molar-refractivity contribution in [2.24, 2.45) is 0 Å². The summed E-state index contributed by atoms with van der Waals surface area (Å²) >= 11 is 6.87. The van der Waals surface area contributed by atoms with Crippen LogP contribution < -0.4 is 9.50 Å². The molecule has 0 bridgehead atoms. The van der Waals surface area contributed by atoms with Crippen molar-refractivity contribution < 1.29 is 17.4 Å². The zero-order valence-corrected chi connectivity index (χ0v) is 23.7. The zero-order valence-electron chi connectivity index (χ0n) is 19.7. The molecular formula is C28H20Br2N2O4S. The maximum atomic E-state index is 13.1. The summed E-state index contributed by atoms with van der Waals surface area (Å²) < 4.78 is 32.9. The number of carbonyl (C=O) groups excluding carboxylic acids is 1. The second kappa shape index (κ2) is 10.9. The Balaban J connectivity index is 1.79. The first-order valence-corrected chi connectivity index (χ1v) is 14.0. The summed E-state index contributed by atoms with van der Waals surface area (Å²) in [4.78, 5) is 13.1.